The number of rotatable bonds is 3. The third-order valence-electron chi connectivity index (χ3n) is 2.83. The molecule has 3 heteroatoms. The number of hydrogen-bond acceptors (Lipinski definition) is 3. The molecule has 0 saturated heterocycles. The van der Waals surface area contributed by atoms with E-state index in [1.165, 1.54) is 12.8 Å². The first kappa shape index (κ1) is 11.5. The van der Waals surface area contributed by atoms with E-state index in [9.17, 15) is 0 Å². The molecule has 1 fully saturated rings. The third-order valence-corrected chi connectivity index (χ3v) is 2.83. The molecular formula is C11H20N2O. The Morgan fingerprint density at radius 1 is 1.36 bits per heavy atom. The average molecular weight is 196 g/mol. The van der Waals surface area contributed by atoms with Gasteiger partial charge < -0.3 is 4.74 Å². The van der Waals surface area contributed by atoms with E-state index in [1.807, 2.05) is 13.8 Å². The number of ether oxygens (including phenoxy) is 1. The lowest BCUT2D eigenvalue weighted by molar-refractivity contribution is 0.0356. The summed E-state index contributed by atoms with van der Waals surface area (Å²) in [5.41, 5.74) is -0.446. The molecule has 0 bridgehead atoms. The summed E-state index contributed by atoms with van der Waals surface area (Å²) in [6.07, 6.45) is 4.97. The summed E-state index contributed by atoms with van der Waals surface area (Å²) < 4.78 is 5.42. The minimum atomic E-state index is -0.446. The molecule has 1 saturated carbocycles. The predicted octanol–water partition coefficient (Wildman–Crippen LogP) is 1.84. The topological polar surface area (TPSA) is 45.0 Å². The second-order valence-corrected chi connectivity index (χ2v) is 4.55. The van der Waals surface area contributed by atoms with E-state index in [0.717, 1.165) is 12.8 Å². The zero-order valence-electron chi connectivity index (χ0n) is 9.34. The van der Waals surface area contributed by atoms with Gasteiger partial charge in [-0.15, -0.1) is 0 Å². The van der Waals surface area contributed by atoms with Gasteiger partial charge in [-0.1, -0.05) is 12.8 Å². The Bertz CT molecular complexity index is 220. The fourth-order valence-electron chi connectivity index (χ4n) is 2.04. The molecule has 2 unspecified atom stereocenters. The van der Waals surface area contributed by atoms with Crippen molar-refractivity contribution in [1.82, 2.24) is 5.32 Å². The summed E-state index contributed by atoms with van der Waals surface area (Å²) in [6.45, 7) is 3.82. The van der Waals surface area contributed by atoms with Crippen molar-refractivity contribution in [2.45, 2.75) is 57.2 Å². The highest BCUT2D eigenvalue weighted by molar-refractivity contribution is 5.03. The quantitative estimate of drug-likeness (QED) is 0.749. The minimum absolute atomic E-state index is 0.274. The average Bonchev–Trinajstić information content (AvgIpc) is 2.18. The van der Waals surface area contributed by atoms with Crippen molar-refractivity contribution in [2.75, 3.05) is 7.11 Å². The predicted molar refractivity (Wildman–Crippen MR) is 55.9 cm³/mol. The summed E-state index contributed by atoms with van der Waals surface area (Å²) in [5, 5.41) is 12.3. The molecule has 1 rings (SSSR count). The van der Waals surface area contributed by atoms with Crippen LogP contribution in [0.2, 0.25) is 0 Å². The molecule has 0 aromatic carbocycles. The second-order valence-electron chi connectivity index (χ2n) is 4.55. The number of nitrogens with one attached hydrogen (secondary N) is 1. The van der Waals surface area contributed by atoms with Crippen LogP contribution in [0.5, 0.6) is 0 Å². The SMILES string of the molecule is COC1CCCCC1NC(C)(C)C#N. The molecule has 14 heavy (non-hydrogen) atoms. The smallest absolute Gasteiger partial charge is 0.101 e. The van der Waals surface area contributed by atoms with Gasteiger partial charge in [0.25, 0.3) is 0 Å². The standard InChI is InChI=1S/C11H20N2O/c1-11(2,8-12)13-9-6-4-5-7-10(9)14-3/h9-10,13H,4-7H2,1-3H3. The lowest BCUT2D eigenvalue weighted by Gasteiger charge is -2.35. The number of nitrogens with zero attached hydrogens (tertiary/aromatic N) is 1. The molecule has 0 heterocycles. The first-order valence-corrected chi connectivity index (χ1v) is 5.31. The van der Waals surface area contributed by atoms with Crippen LogP contribution >= 0.6 is 0 Å². The van der Waals surface area contributed by atoms with Gasteiger partial charge in [0.15, 0.2) is 0 Å². The number of nitriles is 1. The lowest BCUT2D eigenvalue weighted by atomic mass is 9.90. The second kappa shape index (κ2) is 4.77. The maximum atomic E-state index is 8.93. The molecule has 1 aliphatic carbocycles. The number of methoxy groups -OCH3 is 1. The Balaban J connectivity index is 2.53. The van der Waals surface area contributed by atoms with Gasteiger partial charge in [0.05, 0.1) is 12.2 Å². The Morgan fingerprint density at radius 3 is 2.57 bits per heavy atom. The largest absolute Gasteiger partial charge is 0.380 e. The van der Waals surface area contributed by atoms with Gasteiger partial charge in [-0.25, -0.2) is 0 Å². The fraction of sp³-hybridized carbons (Fsp3) is 0.909. The maximum Gasteiger partial charge on any atom is 0.101 e. The summed E-state index contributed by atoms with van der Waals surface area (Å²) >= 11 is 0. The Morgan fingerprint density at radius 2 is 2.00 bits per heavy atom. The zero-order valence-corrected chi connectivity index (χ0v) is 9.34. The summed E-state index contributed by atoms with van der Waals surface area (Å²) in [4.78, 5) is 0. The van der Waals surface area contributed by atoms with Gasteiger partial charge >= 0.3 is 0 Å². The van der Waals surface area contributed by atoms with Crippen molar-refractivity contribution in [2.24, 2.45) is 0 Å². The normalized spacial score (nSPS) is 28.4. The van der Waals surface area contributed by atoms with Crippen LogP contribution in [0.25, 0.3) is 0 Å². The van der Waals surface area contributed by atoms with E-state index in [4.69, 9.17) is 10.00 Å². The van der Waals surface area contributed by atoms with E-state index in [0.29, 0.717) is 6.04 Å². The third kappa shape index (κ3) is 2.97. The molecule has 1 aliphatic rings. The molecule has 2 atom stereocenters. The van der Waals surface area contributed by atoms with Gasteiger partial charge in [-0.2, -0.15) is 5.26 Å². The van der Waals surface area contributed by atoms with Crippen molar-refractivity contribution in [3.05, 3.63) is 0 Å². The molecule has 0 aliphatic heterocycles. The van der Waals surface area contributed by atoms with Crippen LogP contribution in [-0.4, -0.2) is 24.8 Å². The van der Waals surface area contributed by atoms with Gasteiger partial charge in [-0.05, 0) is 26.7 Å². The van der Waals surface area contributed by atoms with Crippen LogP contribution in [-0.2, 0) is 4.74 Å². The monoisotopic (exact) mass is 196 g/mol. The molecule has 80 valence electrons. The van der Waals surface area contributed by atoms with Crippen LogP contribution in [0.3, 0.4) is 0 Å². The zero-order chi connectivity index (χ0) is 10.6. The first-order chi connectivity index (χ1) is 6.59. The molecule has 0 radical (unpaired) electrons. The van der Waals surface area contributed by atoms with E-state index >= 15 is 0 Å². The van der Waals surface area contributed by atoms with Gasteiger partial charge in [-0.3, -0.25) is 5.32 Å². The van der Waals surface area contributed by atoms with Gasteiger partial charge in [0.2, 0.25) is 0 Å². The molecule has 0 aromatic heterocycles. The summed E-state index contributed by atoms with van der Waals surface area (Å²) in [7, 11) is 1.75. The van der Waals surface area contributed by atoms with Crippen LogP contribution in [0.4, 0.5) is 0 Å². The molecule has 3 nitrogen and oxygen atoms in total. The minimum Gasteiger partial charge on any atom is -0.380 e. The summed E-state index contributed by atoms with van der Waals surface area (Å²) in [5.74, 6) is 0. The molecular weight excluding hydrogens is 176 g/mol. The molecule has 0 amide bonds. The van der Waals surface area contributed by atoms with Crippen molar-refractivity contribution < 1.29 is 4.74 Å². The van der Waals surface area contributed by atoms with Crippen LogP contribution < -0.4 is 5.32 Å². The van der Waals surface area contributed by atoms with E-state index in [-0.39, 0.29) is 6.10 Å². The Labute approximate surface area is 86.4 Å². The highest BCUT2D eigenvalue weighted by atomic mass is 16.5. The van der Waals surface area contributed by atoms with Crippen LogP contribution in [0.15, 0.2) is 0 Å². The van der Waals surface area contributed by atoms with E-state index in [2.05, 4.69) is 11.4 Å². The maximum absolute atomic E-state index is 8.93. The van der Waals surface area contributed by atoms with Gasteiger partial charge in [0.1, 0.15) is 5.54 Å². The fourth-order valence-corrected chi connectivity index (χ4v) is 2.04. The summed E-state index contributed by atoms with van der Waals surface area (Å²) in [6, 6.07) is 2.60. The van der Waals surface area contributed by atoms with Crippen molar-refractivity contribution in [1.29, 1.82) is 5.26 Å². The van der Waals surface area contributed by atoms with Crippen molar-refractivity contribution in [3.63, 3.8) is 0 Å². The van der Waals surface area contributed by atoms with Crippen molar-refractivity contribution in [3.8, 4) is 6.07 Å². The first-order valence-electron chi connectivity index (χ1n) is 5.31. The highest BCUT2D eigenvalue weighted by Crippen LogP contribution is 2.22. The molecule has 0 spiro atoms. The lowest BCUT2D eigenvalue weighted by Crippen LogP contribution is -2.52. The van der Waals surface area contributed by atoms with Crippen LogP contribution in [0.1, 0.15) is 39.5 Å². The Hall–Kier alpha value is -0.590. The number of hydrogen-bond donors (Lipinski definition) is 1. The molecule has 0 aromatic rings. The van der Waals surface area contributed by atoms with E-state index in [1.54, 1.807) is 7.11 Å². The van der Waals surface area contributed by atoms with Crippen molar-refractivity contribution >= 4 is 0 Å². The van der Waals surface area contributed by atoms with E-state index < -0.39 is 5.54 Å². The Kier molecular flexibility index (Phi) is 3.91. The van der Waals surface area contributed by atoms with Crippen LogP contribution in [0, 0.1) is 11.3 Å². The molecule has 1 N–H and O–H groups in total. The highest BCUT2D eigenvalue weighted by Gasteiger charge is 2.29. The van der Waals surface area contributed by atoms with Gasteiger partial charge in [0, 0.05) is 13.2 Å².